The maximum absolute atomic E-state index is 5.52. The van der Waals surface area contributed by atoms with Crippen molar-refractivity contribution in [1.82, 2.24) is 14.8 Å². The summed E-state index contributed by atoms with van der Waals surface area (Å²) in [4.78, 5) is 0. The molecule has 0 atom stereocenters. The monoisotopic (exact) mass is 248 g/mol. The number of thioether (sulfide) groups is 1. The Bertz CT molecular complexity index is 467. The fraction of sp³-hybridized carbons (Fsp3) is 0.333. The van der Waals surface area contributed by atoms with Crippen molar-refractivity contribution in [3.63, 3.8) is 0 Å². The Hall–Kier alpha value is -1.33. The van der Waals surface area contributed by atoms with Crippen molar-refractivity contribution < 1.29 is 0 Å². The zero-order valence-electron chi connectivity index (χ0n) is 9.84. The van der Waals surface area contributed by atoms with Gasteiger partial charge in [-0.25, -0.2) is 0 Å². The van der Waals surface area contributed by atoms with Crippen LogP contribution < -0.4 is 5.73 Å². The predicted octanol–water partition coefficient (Wildman–Crippen LogP) is 1.61. The van der Waals surface area contributed by atoms with E-state index in [-0.39, 0.29) is 0 Å². The largest absolute Gasteiger partial charge is 0.330 e. The first-order valence-electron chi connectivity index (χ1n) is 5.56. The molecule has 0 aliphatic rings. The molecule has 0 unspecified atom stereocenters. The molecule has 0 amide bonds. The zero-order valence-corrected chi connectivity index (χ0v) is 10.7. The number of nitrogens with two attached hydrogens (primary N) is 1. The van der Waals surface area contributed by atoms with Gasteiger partial charge in [0.2, 0.25) is 0 Å². The van der Waals surface area contributed by atoms with E-state index in [1.165, 1.54) is 5.56 Å². The fourth-order valence-electron chi connectivity index (χ4n) is 1.54. The van der Waals surface area contributed by atoms with Gasteiger partial charge < -0.3 is 10.3 Å². The van der Waals surface area contributed by atoms with Gasteiger partial charge in [-0.3, -0.25) is 0 Å². The van der Waals surface area contributed by atoms with Crippen molar-refractivity contribution in [1.29, 1.82) is 0 Å². The lowest BCUT2D eigenvalue weighted by molar-refractivity contribution is 0.727. The summed E-state index contributed by atoms with van der Waals surface area (Å²) in [6, 6.07) is 10.4. The quantitative estimate of drug-likeness (QED) is 0.817. The smallest absolute Gasteiger partial charge is 0.191 e. The lowest BCUT2D eigenvalue weighted by atomic mass is 10.2. The summed E-state index contributed by atoms with van der Waals surface area (Å²) < 4.78 is 2.01. The van der Waals surface area contributed by atoms with Crippen LogP contribution in [0.2, 0.25) is 0 Å². The van der Waals surface area contributed by atoms with E-state index in [0.717, 1.165) is 23.2 Å². The molecule has 0 spiro atoms. The first-order chi connectivity index (χ1) is 8.31. The minimum absolute atomic E-state index is 0.606. The first kappa shape index (κ1) is 12.1. The topological polar surface area (TPSA) is 56.7 Å². The Kier molecular flexibility index (Phi) is 4.17. The van der Waals surface area contributed by atoms with Crippen LogP contribution in [0.4, 0.5) is 0 Å². The molecule has 0 saturated heterocycles. The van der Waals surface area contributed by atoms with Gasteiger partial charge in [0.15, 0.2) is 5.16 Å². The van der Waals surface area contributed by atoms with Gasteiger partial charge in [0, 0.05) is 19.2 Å². The summed E-state index contributed by atoms with van der Waals surface area (Å²) in [5.74, 6) is 1.86. The molecule has 2 aromatic rings. The van der Waals surface area contributed by atoms with Crippen LogP contribution in [-0.4, -0.2) is 21.3 Å². The minimum atomic E-state index is 0.606. The van der Waals surface area contributed by atoms with Crippen molar-refractivity contribution in [3.8, 4) is 0 Å². The van der Waals surface area contributed by atoms with Crippen LogP contribution >= 0.6 is 11.8 Å². The Balaban J connectivity index is 2.00. The molecule has 1 aromatic carbocycles. The van der Waals surface area contributed by atoms with Crippen LogP contribution in [0.5, 0.6) is 0 Å². The lowest BCUT2D eigenvalue weighted by Crippen LogP contribution is -2.08. The van der Waals surface area contributed by atoms with Gasteiger partial charge in [0.05, 0.1) is 0 Å². The highest BCUT2D eigenvalue weighted by Crippen LogP contribution is 2.20. The van der Waals surface area contributed by atoms with E-state index >= 15 is 0 Å². The molecule has 0 bridgehead atoms. The molecule has 5 heteroatoms. The van der Waals surface area contributed by atoms with Crippen LogP contribution in [0.25, 0.3) is 0 Å². The number of hydrogen-bond acceptors (Lipinski definition) is 4. The van der Waals surface area contributed by atoms with Gasteiger partial charge in [-0.15, -0.1) is 10.2 Å². The van der Waals surface area contributed by atoms with E-state index in [1.807, 2.05) is 29.8 Å². The maximum atomic E-state index is 5.52. The normalized spacial score (nSPS) is 10.7. The van der Waals surface area contributed by atoms with E-state index in [4.69, 9.17) is 5.73 Å². The third kappa shape index (κ3) is 3.08. The Labute approximate surface area is 105 Å². The maximum Gasteiger partial charge on any atom is 0.191 e. The Morgan fingerprint density at radius 3 is 2.71 bits per heavy atom. The van der Waals surface area contributed by atoms with Gasteiger partial charge in [-0.2, -0.15) is 0 Å². The molecule has 0 radical (unpaired) electrons. The van der Waals surface area contributed by atoms with Crippen LogP contribution in [-0.2, 0) is 19.2 Å². The van der Waals surface area contributed by atoms with Crippen molar-refractivity contribution in [2.45, 2.75) is 17.3 Å². The third-order valence-corrected chi connectivity index (χ3v) is 3.60. The number of hydrogen-bond donors (Lipinski definition) is 1. The molecule has 0 fully saturated rings. The first-order valence-corrected chi connectivity index (χ1v) is 6.55. The van der Waals surface area contributed by atoms with Crippen LogP contribution in [0, 0.1) is 0 Å². The number of aromatic nitrogens is 3. The van der Waals surface area contributed by atoms with E-state index in [2.05, 4.69) is 22.3 Å². The van der Waals surface area contributed by atoms with Crippen molar-refractivity contribution in [3.05, 3.63) is 41.7 Å². The highest BCUT2D eigenvalue weighted by molar-refractivity contribution is 7.98. The predicted molar refractivity (Wildman–Crippen MR) is 69.8 cm³/mol. The summed E-state index contributed by atoms with van der Waals surface area (Å²) in [7, 11) is 1.98. The summed E-state index contributed by atoms with van der Waals surface area (Å²) in [5, 5.41) is 9.24. The van der Waals surface area contributed by atoms with Gasteiger partial charge in [0.25, 0.3) is 0 Å². The lowest BCUT2D eigenvalue weighted by Gasteiger charge is -2.02. The molecular weight excluding hydrogens is 232 g/mol. The summed E-state index contributed by atoms with van der Waals surface area (Å²) in [6.45, 7) is 0.606. The SMILES string of the molecule is Cn1c(CCN)nnc1SCc1ccccc1. The van der Waals surface area contributed by atoms with E-state index in [0.29, 0.717) is 6.54 Å². The molecular formula is C12H16N4S. The van der Waals surface area contributed by atoms with Crippen molar-refractivity contribution >= 4 is 11.8 Å². The van der Waals surface area contributed by atoms with E-state index in [9.17, 15) is 0 Å². The Morgan fingerprint density at radius 1 is 1.24 bits per heavy atom. The molecule has 2 rings (SSSR count). The Morgan fingerprint density at radius 2 is 2.00 bits per heavy atom. The second-order valence-corrected chi connectivity index (χ2v) is 4.71. The third-order valence-electron chi connectivity index (χ3n) is 2.50. The van der Waals surface area contributed by atoms with Crippen LogP contribution in [0.1, 0.15) is 11.4 Å². The highest BCUT2D eigenvalue weighted by Gasteiger charge is 2.08. The molecule has 2 N–H and O–H groups in total. The zero-order chi connectivity index (χ0) is 12.1. The van der Waals surface area contributed by atoms with Crippen molar-refractivity contribution in [2.24, 2.45) is 12.8 Å². The number of nitrogens with zero attached hydrogens (tertiary/aromatic N) is 3. The number of rotatable bonds is 5. The molecule has 1 heterocycles. The van der Waals surface area contributed by atoms with E-state index in [1.54, 1.807) is 11.8 Å². The minimum Gasteiger partial charge on any atom is -0.330 e. The average molecular weight is 248 g/mol. The molecule has 17 heavy (non-hydrogen) atoms. The van der Waals surface area contributed by atoms with Gasteiger partial charge in [-0.05, 0) is 12.1 Å². The second-order valence-electron chi connectivity index (χ2n) is 3.77. The van der Waals surface area contributed by atoms with Crippen LogP contribution in [0.3, 0.4) is 0 Å². The van der Waals surface area contributed by atoms with Crippen LogP contribution in [0.15, 0.2) is 35.5 Å². The molecule has 4 nitrogen and oxygen atoms in total. The molecule has 1 aromatic heterocycles. The summed E-state index contributed by atoms with van der Waals surface area (Å²) in [5.41, 5.74) is 6.81. The number of benzene rings is 1. The van der Waals surface area contributed by atoms with Gasteiger partial charge in [-0.1, -0.05) is 42.1 Å². The second kappa shape index (κ2) is 5.84. The highest BCUT2D eigenvalue weighted by atomic mass is 32.2. The molecule has 90 valence electrons. The average Bonchev–Trinajstić information content (AvgIpc) is 2.70. The molecule has 0 aliphatic carbocycles. The summed E-state index contributed by atoms with van der Waals surface area (Å²) >= 11 is 1.70. The standard InChI is InChI=1S/C12H16N4S/c1-16-11(7-8-13)14-15-12(16)17-9-10-5-3-2-4-6-10/h2-6H,7-9,13H2,1H3. The van der Waals surface area contributed by atoms with Gasteiger partial charge >= 0.3 is 0 Å². The van der Waals surface area contributed by atoms with Gasteiger partial charge in [0.1, 0.15) is 5.82 Å². The fourth-order valence-corrected chi connectivity index (χ4v) is 2.43. The van der Waals surface area contributed by atoms with E-state index < -0.39 is 0 Å². The van der Waals surface area contributed by atoms with Crippen molar-refractivity contribution in [2.75, 3.05) is 6.54 Å². The molecule has 0 aliphatic heterocycles. The summed E-state index contributed by atoms with van der Waals surface area (Å²) in [6.07, 6.45) is 0.773. The molecule has 0 saturated carbocycles.